The number of hydrogen-bond donors (Lipinski definition) is 1. The van der Waals surface area contributed by atoms with Crippen LogP contribution in [0.2, 0.25) is 0 Å². The number of benzene rings is 1. The van der Waals surface area contributed by atoms with Crippen molar-refractivity contribution in [2.75, 3.05) is 24.2 Å². The average molecular weight is 237 g/mol. The van der Waals surface area contributed by atoms with Crippen molar-refractivity contribution < 1.29 is 9.53 Å². The summed E-state index contributed by atoms with van der Waals surface area (Å²) in [5.41, 5.74) is 1.76. The Hall–Kier alpha value is -1.16. The Morgan fingerprint density at radius 1 is 1.56 bits per heavy atom. The fourth-order valence-electron chi connectivity index (χ4n) is 1.61. The molecule has 0 aromatic heterocycles. The molecule has 0 unspecified atom stereocenters. The lowest BCUT2D eigenvalue weighted by molar-refractivity contribution is 0.0526. The lowest BCUT2D eigenvalue weighted by Crippen LogP contribution is -2.05. The van der Waals surface area contributed by atoms with Crippen LogP contribution in [0.15, 0.2) is 23.1 Å². The molecule has 0 aliphatic carbocycles. The number of ether oxygens (including phenoxy) is 1. The monoisotopic (exact) mass is 237 g/mol. The zero-order chi connectivity index (χ0) is 11.4. The van der Waals surface area contributed by atoms with Crippen molar-refractivity contribution in [1.82, 2.24) is 0 Å². The summed E-state index contributed by atoms with van der Waals surface area (Å²) in [6, 6.07) is 5.69. The van der Waals surface area contributed by atoms with Gasteiger partial charge in [0.1, 0.15) is 0 Å². The highest BCUT2D eigenvalue weighted by Crippen LogP contribution is 2.31. The van der Waals surface area contributed by atoms with E-state index in [1.54, 1.807) is 11.8 Å². The third kappa shape index (κ3) is 2.50. The molecule has 0 bridgehead atoms. The molecule has 0 fully saturated rings. The van der Waals surface area contributed by atoms with E-state index in [-0.39, 0.29) is 5.97 Å². The molecule has 3 nitrogen and oxygen atoms in total. The fraction of sp³-hybridized carbons (Fsp3) is 0.417. The SMILES string of the molecule is CCOC(=O)c1ccc2c(c1)SCCCN2. The molecule has 1 heterocycles. The molecule has 16 heavy (non-hydrogen) atoms. The minimum atomic E-state index is -0.241. The molecule has 0 amide bonds. The van der Waals surface area contributed by atoms with E-state index in [2.05, 4.69) is 5.32 Å². The number of thioether (sulfide) groups is 1. The van der Waals surface area contributed by atoms with E-state index in [0.717, 1.165) is 29.3 Å². The number of hydrogen-bond acceptors (Lipinski definition) is 4. The van der Waals surface area contributed by atoms with E-state index in [4.69, 9.17) is 4.74 Å². The first-order valence-electron chi connectivity index (χ1n) is 5.49. The number of anilines is 1. The lowest BCUT2D eigenvalue weighted by Gasteiger charge is -2.08. The van der Waals surface area contributed by atoms with Gasteiger partial charge in [-0.25, -0.2) is 4.79 Å². The van der Waals surface area contributed by atoms with Gasteiger partial charge in [0.05, 0.1) is 12.2 Å². The van der Waals surface area contributed by atoms with Crippen LogP contribution in [-0.2, 0) is 4.74 Å². The largest absolute Gasteiger partial charge is 0.462 e. The molecule has 1 aromatic carbocycles. The van der Waals surface area contributed by atoms with Gasteiger partial charge in [0.2, 0.25) is 0 Å². The first-order chi connectivity index (χ1) is 7.81. The number of esters is 1. The van der Waals surface area contributed by atoms with Crippen molar-refractivity contribution in [3.8, 4) is 0 Å². The molecule has 0 saturated carbocycles. The molecular formula is C12H15NO2S. The van der Waals surface area contributed by atoms with Gasteiger partial charge in [0, 0.05) is 17.1 Å². The number of carbonyl (C=O) groups excluding carboxylic acids is 1. The van der Waals surface area contributed by atoms with Crippen LogP contribution in [0.4, 0.5) is 5.69 Å². The lowest BCUT2D eigenvalue weighted by atomic mass is 10.2. The number of carbonyl (C=O) groups is 1. The average Bonchev–Trinajstić information content (AvgIpc) is 2.53. The molecule has 0 spiro atoms. The normalized spacial score (nSPS) is 14.6. The minimum absolute atomic E-state index is 0.241. The van der Waals surface area contributed by atoms with Crippen LogP contribution in [-0.4, -0.2) is 24.9 Å². The Labute approximate surface area is 99.6 Å². The molecule has 0 radical (unpaired) electrons. The van der Waals surface area contributed by atoms with Gasteiger partial charge in [0.15, 0.2) is 0 Å². The van der Waals surface area contributed by atoms with Crippen molar-refractivity contribution in [3.63, 3.8) is 0 Å². The molecule has 0 saturated heterocycles. The maximum atomic E-state index is 11.6. The van der Waals surface area contributed by atoms with Gasteiger partial charge in [-0.2, -0.15) is 0 Å². The molecular weight excluding hydrogens is 222 g/mol. The Bertz CT molecular complexity index is 393. The van der Waals surface area contributed by atoms with Crippen LogP contribution in [0.1, 0.15) is 23.7 Å². The second kappa shape index (κ2) is 5.25. The van der Waals surface area contributed by atoms with Gasteiger partial charge in [-0.3, -0.25) is 0 Å². The summed E-state index contributed by atoms with van der Waals surface area (Å²) in [7, 11) is 0. The van der Waals surface area contributed by atoms with Gasteiger partial charge >= 0.3 is 5.97 Å². The van der Waals surface area contributed by atoms with E-state index in [9.17, 15) is 4.79 Å². The highest BCUT2D eigenvalue weighted by Gasteiger charge is 2.12. The smallest absolute Gasteiger partial charge is 0.338 e. The summed E-state index contributed by atoms with van der Waals surface area (Å²) in [5.74, 6) is 0.849. The van der Waals surface area contributed by atoms with Gasteiger partial charge < -0.3 is 10.1 Å². The molecule has 1 aliphatic rings. The Morgan fingerprint density at radius 2 is 2.44 bits per heavy atom. The Balaban J connectivity index is 2.23. The number of nitrogens with one attached hydrogen (secondary N) is 1. The van der Waals surface area contributed by atoms with E-state index in [0.29, 0.717) is 12.2 Å². The third-order valence-corrected chi connectivity index (χ3v) is 3.53. The zero-order valence-corrected chi connectivity index (χ0v) is 10.1. The molecule has 1 aliphatic heterocycles. The van der Waals surface area contributed by atoms with Gasteiger partial charge in [-0.15, -0.1) is 11.8 Å². The highest BCUT2D eigenvalue weighted by atomic mass is 32.2. The third-order valence-electron chi connectivity index (χ3n) is 2.39. The molecule has 0 atom stereocenters. The molecule has 1 N–H and O–H groups in total. The van der Waals surface area contributed by atoms with Crippen molar-refractivity contribution in [3.05, 3.63) is 23.8 Å². The maximum absolute atomic E-state index is 11.6. The van der Waals surface area contributed by atoms with E-state index >= 15 is 0 Å². The Kier molecular flexibility index (Phi) is 3.72. The number of rotatable bonds is 2. The van der Waals surface area contributed by atoms with Crippen molar-refractivity contribution in [2.45, 2.75) is 18.2 Å². The van der Waals surface area contributed by atoms with Crippen LogP contribution in [0.5, 0.6) is 0 Å². The standard InChI is InChI=1S/C12H15NO2S/c1-2-15-12(14)9-4-5-10-11(8-9)16-7-3-6-13-10/h4-5,8,13H,2-3,6-7H2,1H3. The van der Waals surface area contributed by atoms with Gasteiger partial charge in [-0.05, 0) is 37.3 Å². The van der Waals surface area contributed by atoms with Crippen molar-refractivity contribution >= 4 is 23.4 Å². The summed E-state index contributed by atoms with van der Waals surface area (Å²) in [4.78, 5) is 12.7. The number of fused-ring (bicyclic) bond motifs is 1. The van der Waals surface area contributed by atoms with Crippen LogP contribution < -0.4 is 5.32 Å². The van der Waals surface area contributed by atoms with Gasteiger partial charge in [-0.1, -0.05) is 0 Å². The predicted octanol–water partition coefficient (Wildman–Crippen LogP) is 2.77. The van der Waals surface area contributed by atoms with Crippen LogP contribution in [0.3, 0.4) is 0 Å². The molecule has 4 heteroatoms. The molecule has 2 rings (SSSR count). The molecule has 1 aromatic rings. The highest BCUT2D eigenvalue weighted by molar-refractivity contribution is 7.99. The topological polar surface area (TPSA) is 38.3 Å². The van der Waals surface area contributed by atoms with Crippen molar-refractivity contribution in [1.29, 1.82) is 0 Å². The quantitative estimate of drug-likeness (QED) is 0.803. The first kappa shape index (κ1) is 11.3. The maximum Gasteiger partial charge on any atom is 0.338 e. The summed E-state index contributed by atoms with van der Waals surface area (Å²) in [6.07, 6.45) is 1.15. The van der Waals surface area contributed by atoms with Gasteiger partial charge in [0.25, 0.3) is 0 Å². The predicted molar refractivity (Wildman–Crippen MR) is 66.2 cm³/mol. The van der Waals surface area contributed by atoms with Crippen LogP contribution in [0.25, 0.3) is 0 Å². The summed E-state index contributed by atoms with van der Waals surface area (Å²) >= 11 is 1.79. The summed E-state index contributed by atoms with van der Waals surface area (Å²) in [6.45, 7) is 3.23. The zero-order valence-electron chi connectivity index (χ0n) is 9.29. The Morgan fingerprint density at radius 3 is 3.25 bits per heavy atom. The summed E-state index contributed by atoms with van der Waals surface area (Å²) in [5, 5.41) is 3.35. The minimum Gasteiger partial charge on any atom is -0.462 e. The van der Waals surface area contributed by atoms with Crippen LogP contribution >= 0.6 is 11.8 Å². The second-order valence-corrected chi connectivity index (χ2v) is 4.70. The van der Waals surface area contributed by atoms with E-state index < -0.39 is 0 Å². The van der Waals surface area contributed by atoms with E-state index in [1.807, 2.05) is 25.1 Å². The van der Waals surface area contributed by atoms with Crippen molar-refractivity contribution in [2.24, 2.45) is 0 Å². The fourth-order valence-corrected chi connectivity index (χ4v) is 2.62. The molecule has 86 valence electrons. The summed E-state index contributed by atoms with van der Waals surface area (Å²) < 4.78 is 4.98. The second-order valence-electron chi connectivity index (χ2n) is 3.56. The van der Waals surface area contributed by atoms with Crippen LogP contribution in [0, 0.1) is 0 Å². The first-order valence-corrected chi connectivity index (χ1v) is 6.47. The van der Waals surface area contributed by atoms with E-state index in [1.165, 1.54) is 0 Å².